The normalized spacial score (nSPS) is 19.8. The maximum Gasteiger partial charge on any atom is 0.254 e. The third-order valence-electron chi connectivity index (χ3n) is 6.78. The summed E-state index contributed by atoms with van der Waals surface area (Å²) < 4.78 is 16.0. The molecule has 2 aliphatic rings. The largest absolute Gasteiger partial charge is 0.331 e. The van der Waals surface area contributed by atoms with Crippen molar-refractivity contribution in [2.45, 2.75) is 31.8 Å². The molecule has 2 aromatic carbocycles. The van der Waals surface area contributed by atoms with Crippen molar-refractivity contribution < 1.29 is 9.18 Å². The molecule has 4 aromatic rings. The molecule has 6 heteroatoms. The number of fused-ring (bicyclic) bond motifs is 8. The van der Waals surface area contributed by atoms with E-state index in [9.17, 15) is 9.18 Å². The summed E-state index contributed by atoms with van der Waals surface area (Å²) in [5, 5.41) is 0. The number of hydrogen-bond donors (Lipinski definition) is 0. The van der Waals surface area contributed by atoms with Crippen molar-refractivity contribution in [1.82, 2.24) is 19.4 Å². The predicted octanol–water partition coefficient (Wildman–Crippen LogP) is 4.86. The second-order valence-corrected chi connectivity index (χ2v) is 8.56. The Kier molecular flexibility index (Phi) is 3.81. The van der Waals surface area contributed by atoms with Crippen LogP contribution in [0.1, 0.15) is 45.8 Å². The summed E-state index contributed by atoms with van der Waals surface area (Å²) in [6, 6.07) is 13.6. The van der Waals surface area contributed by atoms with E-state index in [1.807, 2.05) is 36.2 Å². The Bertz CT molecular complexity index is 1380. The number of imidazole rings is 1. The smallest absolute Gasteiger partial charge is 0.254 e. The first-order valence-corrected chi connectivity index (χ1v) is 10.5. The number of carbonyl (C=O) groups excluding carboxylic acids is 1. The van der Waals surface area contributed by atoms with Gasteiger partial charge in [0.15, 0.2) is 0 Å². The van der Waals surface area contributed by atoms with E-state index in [0.29, 0.717) is 0 Å². The van der Waals surface area contributed by atoms with Gasteiger partial charge in [-0.2, -0.15) is 0 Å². The number of pyridine rings is 1. The summed E-state index contributed by atoms with van der Waals surface area (Å²) in [6.07, 6.45) is 4.52. The lowest BCUT2D eigenvalue weighted by Crippen LogP contribution is -2.32. The summed E-state index contributed by atoms with van der Waals surface area (Å²) in [4.78, 5) is 24.0. The van der Waals surface area contributed by atoms with E-state index >= 15 is 0 Å². The van der Waals surface area contributed by atoms with E-state index < -0.39 is 0 Å². The molecule has 0 aliphatic carbocycles. The summed E-state index contributed by atoms with van der Waals surface area (Å²) >= 11 is 0. The highest BCUT2D eigenvalue weighted by Crippen LogP contribution is 2.45. The first-order valence-electron chi connectivity index (χ1n) is 10.5. The fraction of sp³-hybridized carbons (Fsp3) is 0.240. The number of nitrogens with zero attached hydrogens (tertiary/aromatic N) is 4. The molecule has 31 heavy (non-hydrogen) atoms. The quantitative estimate of drug-likeness (QED) is 0.449. The maximum absolute atomic E-state index is 13.7. The Labute approximate surface area is 179 Å². The van der Waals surface area contributed by atoms with Gasteiger partial charge in [0.1, 0.15) is 11.6 Å². The van der Waals surface area contributed by atoms with Crippen molar-refractivity contribution in [3.05, 3.63) is 83.2 Å². The lowest BCUT2D eigenvalue weighted by Gasteiger charge is -2.28. The van der Waals surface area contributed by atoms with Crippen LogP contribution in [-0.2, 0) is 6.42 Å². The minimum absolute atomic E-state index is 0.0502. The van der Waals surface area contributed by atoms with E-state index in [-0.39, 0.29) is 23.8 Å². The first-order chi connectivity index (χ1) is 15.0. The van der Waals surface area contributed by atoms with Crippen molar-refractivity contribution in [2.24, 2.45) is 0 Å². The fourth-order valence-electron chi connectivity index (χ4n) is 5.19. The summed E-state index contributed by atoms with van der Waals surface area (Å²) in [6.45, 7) is 2.07. The summed E-state index contributed by atoms with van der Waals surface area (Å²) in [7, 11) is 1.88. The van der Waals surface area contributed by atoms with Gasteiger partial charge in [0, 0.05) is 30.4 Å². The Morgan fingerprint density at radius 2 is 1.97 bits per heavy atom. The van der Waals surface area contributed by atoms with E-state index in [2.05, 4.69) is 28.6 Å². The minimum Gasteiger partial charge on any atom is -0.331 e. The molecule has 2 bridgehead atoms. The van der Waals surface area contributed by atoms with Gasteiger partial charge in [0.2, 0.25) is 0 Å². The lowest BCUT2D eigenvalue weighted by molar-refractivity contribution is 0.0717. The fourth-order valence-corrected chi connectivity index (χ4v) is 5.19. The van der Waals surface area contributed by atoms with Gasteiger partial charge >= 0.3 is 0 Å². The predicted molar refractivity (Wildman–Crippen MR) is 116 cm³/mol. The maximum atomic E-state index is 13.7. The number of hydrogen-bond acceptors (Lipinski definition) is 3. The second-order valence-electron chi connectivity index (χ2n) is 8.56. The molecule has 0 N–H and O–H groups in total. The van der Waals surface area contributed by atoms with Gasteiger partial charge < -0.3 is 9.47 Å². The van der Waals surface area contributed by atoms with Crippen molar-refractivity contribution in [2.75, 3.05) is 7.05 Å². The molecule has 2 atom stereocenters. The second kappa shape index (κ2) is 6.48. The van der Waals surface area contributed by atoms with E-state index in [0.717, 1.165) is 57.5 Å². The van der Waals surface area contributed by atoms with Crippen LogP contribution < -0.4 is 0 Å². The monoisotopic (exact) mass is 412 g/mol. The molecule has 1 amide bonds. The number of aromatic nitrogens is 3. The van der Waals surface area contributed by atoms with Crippen LogP contribution >= 0.6 is 0 Å². The lowest BCUT2D eigenvalue weighted by atomic mass is 9.91. The van der Waals surface area contributed by atoms with Crippen LogP contribution in [0.4, 0.5) is 4.39 Å². The third-order valence-corrected chi connectivity index (χ3v) is 6.78. The number of rotatable bonds is 1. The zero-order chi connectivity index (χ0) is 21.3. The number of halogens is 1. The Hall–Kier alpha value is -3.54. The van der Waals surface area contributed by atoms with Crippen LogP contribution in [-0.4, -0.2) is 32.4 Å². The van der Waals surface area contributed by atoms with Gasteiger partial charge in [0.05, 0.1) is 23.3 Å². The standard InChI is InChI=1S/C25H21FN4O/c1-14-4-3-5-19-20(14)10-18-11-23(29(2)25(19)31)24-28-21-7-6-15(9-22(21)30(18)24)16-8-17(26)13-27-12-16/h3-9,12-13,18,23H,10-11H2,1-2H3. The van der Waals surface area contributed by atoms with Gasteiger partial charge in [-0.3, -0.25) is 9.78 Å². The number of amides is 1. The Morgan fingerprint density at radius 1 is 1.10 bits per heavy atom. The topological polar surface area (TPSA) is 51.0 Å². The van der Waals surface area contributed by atoms with Gasteiger partial charge in [-0.05, 0) is 60.7 Å². The molecule has 0 fully saturated rings. The minimum atomic E-state index is -0.354. The molecule has 5 nitrogen and oxygen atoms in total. The molecular weight excluding hydrogens is 391 g/mol. The van der Waals surface area contributed by atoms with Gasteiger partial charge in [-0.25, -0.2) is 9.37 Å². The van der Waals surface area contributed by atoms with Crippen LogP contribution in [0.5, 0.6) is 0 Å². The molecule has 4 heterocycles. The third kappa shape index (κ3) is 2.64. The summed E-state index contributed by atoms with van der Waals surface area (Å²) in [5.41, 5.74) is 6.59. The average Bonchev–Trinajstić information content (AvgIpc) is 3.31. The Balaban J connectivity index is 1.55. The van der Waals surface area contributed by atoms with Crippen LogP contribution in [0, 0.1) is 12.7 Å². The van der Waals surface area contributed by atoms with Crippen molar-refractivity contribution in [3.63, 3.8) is 0 Å². The number of aryl methyl sites for hydroxylation is 1. The first kappa shape index (κ1) is 18.2. The molecule has 0 radical (unpaired) electrons. The van der Waals surface area contributed by atoms with Crippen LogP contribution in [0.3, 0.4) is 0 Å². The molecule has 0 saturated carbocycles. The van der Waals surface area contributed by atoms with Gasteiger partial charge in [-0.1, -0.05) is 18.2 Å². The molecule has 2 unspecified atom stereocenters. The highest BCUT2D eigenvalue weighted by molar-refractivity contribution is 5.96. The van der Waals surface area contributed by atoms with Crippen molar-refractivity contribution >= 4 is 16.9 Å². The van der Waals surface area contributed by atoms with Crippen LogP contribution in [0.15, 0.2) is 54.9 Å². The SMILES string of the molecule is Cc1cccc2c1CC1CC(c3nc4ccc(-c5cncc(F)c5)cc4n31)N(C)C2=O. The van der Waals surface area contributed by atoms with Gasteiger partial charge in [0.25, 0.3) is 5.91 Å². The molecular formula is C25H21FN4O. The average molecular weight is 412 g/mol. The zero-order valence-electron chi connectivity index (χ0n) is 17.3. The van der Waals surface area contributed by atoms with Crippen LogP contribution in [0.25, 0.3) is 22.2 Å². The highest BCUT2D eigenvalue weighted by Gasteiger charge is 2.41. The van der Waals surface area contributed by atoms with Crippen molar-refractivity contribution in [1.29, 1.82) is 0 Å². The van der Waals surface area contributed by atoms with E-state index in [1.165, 1.54) is 12.3 Å². The highest BCUT2D eigenvalue weighted by atomic mass is 19.1. The molecule has 2 aromatic heterocycles. The zero-order valence-corrected chi connectivity index (χ0v) is 17.3. The van der Waals surface area contributed by atoms with E-state index in [4.69, 9.17) is 4.98 Å². The Morgan fingerprint density at radius 3 is 2.81 bits per heavy atom. The van der Waals surface area contributed by atoms with E-state index in [1.54, 1.807) is 6.20 Å². The molecule has 154 valence electrons. The number of carbonyl (C=O) groups is 1. The van der Waals surface area contributed by atoms with Crippen molar-refractivity contribution in [3.8, 4) is 11.1 Å². The van der Waals surface area contributed by atoms with Crippen LogP contribution in [0.2, 0.25) is 0 Å². The molecule has 0 spiro atoms. The molecule has 2 aliphatic heterocycles. The summed E-state index contributed by atoms with van der Waals surface area (Å²) in [5.74, 6) is 0.622. The number of benzene rings is 2. The molecule has 6 rings (SSSR count). The van der Waals surface area contributed by atoms with Gasteiger partial charge in [-0.15, -0.1) is 0 Å². The molecule has 0 saturated heterocycles.